The molecule has 0 spiro atoms. The number of carboxylic acids is 1. The van der Waals surface area contributed by atoms with Crippen molar-refractivity contribution in [2.24, 2.45) is 11.8 Å². The quantitative estimate of drug-likeness (QED) is 0.581. The van der Waals surface area contributed by atoms with E-state index in [0.29, 0.717) is 0 Å². The van der Waals surface area contributed by atoms with Crippen LogP contribution in [0.4, 0.5) is 4.79 Å². The van der Waals surface area contributed by atoms with Gasteiger partial charge < -0.3 is 20.5 Å². The molecule has 0 saturated carbocycles. The first-order valence-electron chi connectivity index (χ1n) is 10.5. The fourth-order valence-corrected chi connectivity index (χ4v) is 3.86. The van der Waals surface area contributed by atoms with E-state index in [1.54, 1.807) is 0 Å². The summed E-state index contributed by atoms with van der Waals surface area (Å²) in [4.78, 5) is 35.1. The van der Waals surface area contributed by atoms with Crippen LogP contribution < -0.4 is 10.6 Å². The smallest absolute Gasteiger partial charge is 0.407 e. The highest BCUT2D eigenvalue weighted by atomic mass is 16.5. The molecule has 0 bridgehead atoms. The van der Waals surface area contributed by atoms with Crippen LogP contribution >= 0.6 is 0 Å². The van der Waals surface area contributed by atoms with Crippen LogP contribution in [0.15, 0.2) is 48.5 Å². The van der Waals surface area contributed by atoms with Gasteiger partial charge in [0.2, 0.25) is 5.91 Å². The molecule has 0 saturated heterocycles. The van der Waals surface area contributed by atoms with Crippen LogP contribution in [0.3, 0.4) is 0 Å². The van der Waals surface area contributed by atoms with Gasteiger partial charge >= 0.3 is 12.1 Å². The van der Waals surface area contributed by atoms with E-state index < -0.39 is 18.0 Å². The van der Waals surface area contributed by atoms with Gasteiger partial charge in [-0.25, -0.2) is 9.59 Å². The minimum absolute atomic E-state index is 0.0369. The number of fused-ring (bicyclic) bond motifs is 3. The number of amides is 2. The second-order valence-corrected chi connectivity index (χ2v) is 7.88. The van der Waals surface area contributed by atoms with Gasteiger partial charge in [0.15, 0.2) is 0 Å². The molecule has 0 aromatic heterocycles. The highest BCUT2D eigenvalue weighted by Gasteiger charge is 2.29. The van der Waals surface area contributed by atoms with E-state index >= 15 is 0 Å². The van der Waals surface area contributed by atoms with Crippen LogP contribution in [0, 0.1) is 23.7 Å². The average Bonchev–Trinajstić information content (AvgIpc) is 3.09. The van der Waals surface area contributed by atoms with Gasteiger partial charge in [0.05, 0.1) is 12.5 Å². The van der Waals surface area contributed by atoms with E-state index in [9.17, 15) is 14.4 Å². The molecular weight excluding hydrogens is 408 g/mol. The van der Waals surface area contributed by atoms with Crippen molar-refractivity contribution < 1.29 is 24.2 Å². The summed E-state index contributed by atoms with van der Waals surface area (Å²) >= 11 is 0. The first kappa shape index (κ1) is 22.9. The molecule has 1 aliphatic carbocycles. The molecule has 1 atom stereocenters. The second-order valence-electron chi connectivity index (χ2n) is 7.88. The molecule has 3 N–H and O–H groups in total. The fourth-order valence-electron chi connectivity index (χ4n) is 3.86. The molecule has 1 aliphatic rings. The summed E-state index contributed by atoms with van der Waals surface area (Å²) < 4.78 is 5.51. The molecule has 2 amide bonds. The number of carboxylic acid groups (broad SMARTS) is 1. The Balaban J connectivity index is 1.55. The summed E-state index contributed by atoms with van der Waals surface area (Å²) in [6, 6.07) is 16.2. The molecule has 1 unspecified atom stereocenters. The van der Waals surface area contributed by atoms with E-state index in [1.807, 2.05) is 56.2 Å². The Hall–Kier alpha value is -3.79. The number of aliphatic carboxylic acids is 1. The van der Waals surface area contributed by atoms with Gasteiger partial charge in [0.1, 0.15) is 6.61 Å². The lowest BCUT2D eigenvalue weighted by Crippen LogP contribution is -2.41. The highest BCUT2D eigenvalue weighted by molar-refractivity contribution is 5.86. The minimum atomic E-state index is -1.25. The molecule has 166 valence electrons. The summed E-state index contributed by atoms with van der Waals surface area (Å²) in [6.07, 6.45) is -0.587. The molecular formula is C25H26N2O5. The Bertz CT molecular complexity index is 1020. The largest absolute Gasteiger partial charge is 0.472 e. The van der Waals surface area contributed by atoms with E-state index in [4.69, 9.17) is 9.84 Å². The summed E-state index contributed by atoms with van der Waals surface area (Å²) in [7, 11) is 0. The number of hydrogen-bond donors (Lipinski definition) is 3. The second kappa shape index (κ2) is 10.5. The van der Waals surface area contributed by atoms with Gasteiger partial charge in [0.25, 0.3) is 0 Å². The Labute approximate surface area is 187 Å². The Morgan fingerprint density at radius 1 is 1.00 bits per heavy atom. The zero-order chi connectivity index (χ0) is 23.1. The monoisotopic (exact) mass is 434 g/mol. The highest BCUT2D eigenvalue weighted by Crippen LogP contribution is 2.44. The predicted octanol–water partition coefficient (Wildman–Crippen LogP) is 3.00. The van der Waals surface area contributed by atoms with Crippen molar-refractivity contribution in [2.45, 2.75) is 19.8 Å². The first-order chi connectivity index (χ1) is 15.4. The van der Waals surface area contributed by atoms with Crippen molar-refractivity contribution in [2.75, 3.05) is 19.7 Å². The summed E-state index contributed by atoms with van der Waals surface area (Å²) in [5.74, 6) is 2.15. The number of nitrogens with one attached hydrogen (secondary N) is 2. The molecule has 2 aromatic carbocycles. The van der Waals surface area contributed by atoms with Gasteiger partial charge in [-0.1, -0.05) is 68.3 Å². The molecule has 7 heteroatoms. The summed E-state index contributed by atoms with van der Waals surface area (Å²) in [5, 5.41) is 13.8. The topological polar surface area (TPSA) is 105 Å². The van der Waals surface area contributed by atoms with Crippen molar-refractivity contribution in [3.8, 4) is 23.0 Å². The number of carbonyl (C=O) groups excluding carboxylic acids is 2. The van der Waals surface area contributed by atoms with Crippen LogP contribution in [0.1, 0.15) is 30.9 Å². The zero-order valence-electron chi connectivity index (χ0n) is 18.1. The predicted molar refractivity (Wildman–Crippen MR) is 120 cm³/mol. The van der Waals surface area contributed by atoms with Crippen molar-refractivity contribution in [1.82, 2.24) is 10.6 Å². The standard InChI is InChI=1S/C25H26N2O5/c1-16(2)21(24(30)26-13-7-12-23(28)29)14-27-25(31)32-15-22-19-10-5-3-8-17(19)18-9-4-6-11-20(18)22/h3-6,8-11,16,21-22H,13-15H2,1-2H3,(H,26,30)(H,27,31)(H,28,29). The lowest BCUT2D eigenvalue weighted by Gasteiger charge is -2.20. The lowest BCUT2D eigenvalue weighted by molar-refractivity contribution is -0.130. The molecule has 0 radical (unpaired) electrons. The molecule has 32 heavy (non-hydrogen) atoms. The lowest BCUT2D eigenvalue weighted by atomic mass is 9.95. The van der Waals surface area contributed by atoms with Crippen molar-refractivity contribution in [3.63, 3.8) is 0 Å². The van der Waals surface area contributed by atoms with Gasteiger partial charge in [-0.05, 0) is 28.2 Å². The van der Waals surface area contributed by atoms with Crippen LogP contribution in [0.25, 0.3) is 11.1 Å². The third-order valence-electron chi connectivity index (χ3n) is 5.50. The third kappa shape index (κ3) is 5.46. The van der Waals surface area contributed by atoms with Crippen molar-refractivity contribution in [1.29, 1.82) is 0 Å². The number of alkyl carbamates (subject to hydrolysis) is 1. The van der Waals surface area contributed by atoms with Crippen LogP contribution in [0.2, 0.25) is 0 Å². The van der Waals surface area contributed by atoms with E-state index in [-0.39, 0.29) is 37.4 Å². The zero-order valence-corrected chi connectivity index (χ0v) is 18.1. The van der Waals surface area contributed by atoms with Crippen LogP contribution in [-0.4, -0.2) is 42.8 Å². The van der Waals surface area contributed by atoms with Crippen molar-refractivity contribution >= 4 is 18.0 Å². The van der Waals surface area contributed by atoms with E-state index in [0.717, 1.165) is 22.3 Å². The minimum Gasteiger partial charge on any atom is -0.472 e. The molecule has 2 aromatic rings. The maximum atomic E-state index is 12.4. The van der Waals surface area contributed by atoms with Crippen LogP contribution in [-0.2, 0) is 14.3 Å². The van der Waals surface area contributed by atoms with Gasteiger partial charge in [-0.15, -0.1) is 0 Å². The number of rotatable bonds is 7. The normalized spacial score (nSPS) is 12.7. The summed E-state index contributed by atoms with van der Waals surface area (Å²) in [5.41, 5.74) is 4.56. The molecule has 7 nitrogen and oxygen atoms in total. The molecule has 0 fully saturated rings. The van der Waals surface area contributed by atoms with Crippen LogP contribution in [0.5, 0.6) is 0 Å². The molecule has 3 rings (SSSR count). The van der Waals surface area contributed by atoms with Gasteiger partial charge in [-0.2, -0.15) is 0 Å². The summed E-state index contributed by atoms with van der Waals surface area (Å²) in [6.45, 7) is 3.97. The van der Waals surface area contributed by atoms with Crippen molar-refractivity contribution in [3.05, 3.63) is 59.7 Å². The fraction of sp³-hybridized carbons (Fsp3) is 0.320. The molecule has 0 aliphatic heterocycles. The average molecular weight is 434 g/mol. The maximum Gasteiger partial charge on any atom is 0.407 e. The SMILES string of the molecule is CC(C)C(CNC(=O)OCC1c2ccccc2-c2ccccc21)C(=O)NCC#CC(=O)O. The van der Waals surface area contributed by atoms with Gasteiger partial charge in [-0.3, -0.25) is 4.79 Å². The Morgan fingerprint density at radius 3 is 2.16 bits per heavy atom. The third-order valence-corrected chi connectivity index (χ3v) is 5.50. The number of benzene rings is 2. The Morgan fingerprint density at radius 2 is 1.59 bits per heavy atom. The maximum absolute atomic E-state index is 12.4. The van der Waals surface area contributed by atoms with E-state index in [1.165, 1.54) is 0 Å². The van der Waals surface area contributed by atoms with Gasteiger partial charge in [0, 0.05) is 18.4 Å². The Kier molecular flexibility index (Phi) is 7.50. The molecule has 0 heterocycles. The number of carbonyl (C=O) groups is 3. The first-order valence-corrected chi connectivity index (χ1v) is 10.5. The van der Waals surface area contributed by atoms with E-state index in [2.05, 4.69) is 28.7 Å². The number of hydrogen-bond acceptors (Lipinski definition) is 4. The number of ether oxygens (including phenoxy) is 1.